The third-order valence-electron chi connectivity index (χ3n) is 2.05. The van der Waals surface area contributed by atoms with Crippen LogP contribution in [0, 0.1) is 17.4 Å². The highest BCUT2D eigenvalue weighted by atomic mass is 14.2. The van der Waals surface area contributed by atoms with Crippen molar-refractivity contribution in [1.29, 1.82) is 5.26 Å². The summed E-state index contributed by atoms with van der Waals surface area (Å²) < 4.78 is 0. The van der Waals surface area contributed by atoms with Gasteiger partial charge in [0.1, 0.15) is 0 Å². The van der Waals surface area contributed by atoms with Crippen LogP contribution in [0.15, 0.2) is 12.1 Å². The molecule has 1 rings (SSSR count). The first-order valence-corrected chi connectivity index (χ1v) is 4.25. The largest absolute Gasteiger partial charge is 0.192 e. The van der Waals surface area contributed by atoms with Crippen LogP contribution in [-0.4, -0.2) is 0 Å². The zero-order valence-corrected chi connectivity index (χ0v) is 7.52. The Morgan fingerprint density at radius 1 is 1.33 bits per heavy atom. The predicted octanol–water partition coefficient (Wildman–Crippen LogP) is 2.48. The van der Waals surface area contributed by atoms with Gasteiger partial charge in [-0.25, -0.2) is 0 Å². The van der Waals surface area contributed by atoms with Crippen molar-refractivity contribution >= 4 is 0 Å². The summed E-state index contributed by atoms with van der Waals surface area (Å²) in [5.41, 5.74) is 3.20. The fourth-order valence-electron chi connectivity index (χ4n) is 1.41. The highest BCUT2D eigenvalue weighted by molar-refractivity contribution is 5.42. The van der Waals surface area contributed by atoms with Gasteiger partial charge in [0, 0.05) is 0 Å². The van der Waals surface area contributed by atoms with Crippen LogP contribution in [0.1, 0.15) is 30.5 Å². The van der Waals surface area contributed by atoms with Gasteiger partial charge in [0.2, 0.25) is 0 Å². The van der Waals surface area contributed by atoms with Gasteiger partial charge in [-0.1, -0.05) is 19.9 Å². The summed E-state index contributed by atoms with van der Waals surface area (Å²) in [6.07, 6.45) is 1.91. The Morgan fingerprint density at radius 3 is 2.58 bits per heavy atom. The Bertz CT molecular complexity index is 307. The lowest BCUT2D eigenvalue weighted by Gasteiger charge is -2.05. The van der Waals surface area contributed by atoms with E-state index < -0.39 is 0 Å². The normalized spacial score (nSPS) is 9.42. The average molecular weight is 158 g/mol. The molecule has 0 bridgehead atoms. The molecule has 0 N–H and O–H groups in total. The van der Waals surface area contributed by atoms with Gasteiger partial charge in [0.25, 0.3) is 0 Å². The summed E-state index contributed by atoms with van der Waals surface area (Å²) in [6, 6.07) is 8.91. The third kappa shape index (κ3) is 1.48. The standard InChI is InChI=1S/C11H12N/c1-3-9-6-5-7-10(8-12)11(9)4-2/h6-7H,3-4H2,1-2H3. The van der Waals surface area contributed by atoms with Crippen LogP contribution in [0.25, 0.3) is 0 Å². The van der Waals surface area contributed by atoms with E-state index in [9.17, 15) is 0 Å². The van der Waals surface area contributed by atoms with Gasteiger partial charge in [-0.15, -0.1) is 0 Å². The van der Waals surface area contributed by atoms with E-state index in [1.165, 1.54) is 11.1 Å². The maximum Gasteiger partial charge on any atom is 0.0994 e. The van der Waals surface area contributed by atoms with Crippen molar-refractivity contribution in [3.05, 3.63) is 34.9 Å². The summed E-state index contributed by atoms with van der Waals surface area (Å²) in [5, 5.41) is 8.80. The number of hydrogen-bond donors (Lipinski definition) is 0. The van der Waals surface area contributed by atoms with Gasteiger partial charge < -0.3 is 0 Å². The minimum absolute atomic E-state index is 0.775. The predicted molar refractivity (Wildman–Crippen MR) is 48.7 cm³/mol. The molecular formula is C11H12N. The second kappa shape index (κ2) is 3.92. The summed E-state index contributed by atoms with van der Waals surface area (Å²) in [4.78, 5) is 0. The van der Waals surface area contributed by atoms with Crippen LogP contribution < -0.4 is 0 Å². The van der Waals surface area contributed by atoms with Crippen molar-refractivity contribution < 1.29 is 0 Å². The molecule has 61 valence electrons. The molecule has 0 atom stereocenters. The molecule has 1 heteroatoms. The second-order valence-electron chi connectivity index (χ2n) is 2.69. The van der Waals surface area contributed by atoms with Gasteiger partial charge in [-0.3, -0.25) is 0 Å². The van der Waals surface area contributed by atoms with Gasteiger partial charge in [0.05, 0.1) is 11.6 Å². The van der Waals surface area contributed by atoms with Crippen molar-refractivity contribution in [3.63, 3.8) is 0 Å². The maximum absolute atomic E-state index is 8.80. The number of nitriles is 1. The molecule has 0 amide bonds. The van der Waals surface area contributed by atoms with E-state index in [1.807, 2.05) is 6.07 Å². The van der Waals surface area contributed by atoms with Gasteiger partial charge in [-0.05, 0) is 36.1 Å². The number of nitrogens with zero attached hydrogens (tertiary/aromatic N) is 1. The summed E-state index contributed by atoms with van der Waals surface area (Å²) in [5.74, 6) is 0. The smallest absolute Gasteiger partial charge is 0.0994 e. The van der Waals surface area contributed by atoms with E-state index in [0.29, 0.717) is 0 Å². The fourth-order valence-corrected chi connectivity index (χ4v) is 1.41. The minimum atomic E-state index is 0.775. The monoisotopic (exact) mass is 158 g/mol. The molecule has 1 aromatic rings. The number of aryl methyl sites for hydroxylation is 1. The third-order valence-corrected chi connectivity index (χ3v) is 2.05. The van der Waals surface area contributed by atoms with Crippen molar-refractivity contribution in [1.82, 2.24) is 0 Å². The van der Waals surface area contributed by atoms with Gasteiger partial charge in [-0.2, -0.15) is 5.26 Å². The van der Waals surface area contributed by atoms with Crippen molar-refractivity contribution in [3.8, 4) is 6.07 Å². The molecule has 0 aromatic heterocycles. The van der Waals surface area contributed by atoms with E-state index in [2.05, 4.69) is 26.0 Å². The van der Waals surface area contributed by atoms with E-state index in [0.717, 1.165) is 18.4 Å². The molecule has 0 heterocycles. The van der Waals surface area contributed by atoms with E-state index in [-0.39, 0.29) is 0 Å². The van der Waals surface area contributed by atoms with E-state index >= 15 is 0 Å². The van der Waals surface area contributed by atoms with Gasteiger partial charge in [0.15, 0.2) is 0 Å². The van der Waals surface area contributed by atoms with Crippen LogP contribution in [0.4, 0.5) is 0 Å². The summed E-state index contributed by atoms with van der Waals surface area (Å²) >= 11 is 0. The first kappa shape index (κ1) is 8.80. The molecule has 0 spiro atoms. The van der Waals surface area contributed by atoms with Gasteiger partial charge >= 0.3 is 0 Å². The second-order valence-corrected chi connectivity index (χ2v) is 2.69. The highest BCUT2D eigenvalue weighted by Crippen LogP contribution is 2.14. The Morgan fingerprint density at radius 2 is 2.08 bits per heavy atom. The molecule has 1 aromatic carbocycles. The first-order valence-electron chi connectivity index (χ1n) is 4.25. The Labute approximate surface area is 73.6 Å². The topological polar surface area (TPSA) is 23.8 Å². The molecule has 0 saturated carbocycles. The van der Waals surface area contributed by atoms with Crippen LogP contribution in [0.5, 0.6) is 0 Å². The first-order chi connectivity index (χ1) is 5.83. The molecule has 0 aliphatic heterocycles. The molecule has 0 saturated heterocycles. The van der Waals surface area contributed by atoms with Crippen molar-refractivity contribution in [2.45, 2.75) is 26.7 Å². The summed E-state index contributed by atoms with van der Waals surface area (Å²) in [6.45, 7) is 4.18. The maximum atomic E-state index is 8.80. The number of benzene rings is 1. The molecular weight excluding hydrogens is 146 g/mol. The lowest BCUT2D eigenvalue weighted by Crippen LogP contribution is -1.94. The van der Waals surface area contributed by atoms with E-state index in [4.69, 9.17) is 5.26 Å². The molecule has 0 unspecified atom stereocenters. The fraction of sp³-hybridized carbons (Fsp3) is 0.364. The Balaban J connectivity index is 3.24. The molecule has 0 fully saturated rings. The SMILES string of the molecule is CCc1c[c]cc(C#N)c1CC. The van der Waals surface area contributed by atoms with Crippen molar-refractivity contribution in [2.24, 2.45) is 0 Å². The van der Waals surface area contributed by atoms with Crippen LogP contribution in [-0.2, 0) is 12.8 Å². The molecule has 12 heavy (non-hydrogen) atoms. The number of rotatable bonds is 2. The van der Waals surface area contributed by atoms with Crippen LogP contribution in [0.3, 0.4) is 0 Å². The number of hydrogen-bond acceptors (Lipinski definition) is 1. The lowest BCUT2D eigenvalue weighted by atomic mass is 9.98. The van der Waals surface area contributed by atoms with Crippen LogP contribution in [0.2, 0.25) is 0 Å². The molecule has 1 radical (unpaired) electrons. The zero-order valence-electron chi connectivity index (χ0n) is 7.52. The van der Waals surface area contributed by atoms with E-state index in [1.54, 1.807) is 6.07 Å². The molecule has 0 aliphatic rings. The Kier molecular flexibility index (Phi) is 2.88. The average Bonchev–Trinajstić information content (AvgIpc) is 2.16. The minimum Gasteiger partial charge on any atom is -0.192 e. The lowest BCUT2D eigenvalue weighted by molar-refractivity contribution is 1.03. The zero-order chi connectivity index (χ0) is 8.97. The van der Waals surface area contributed by atoms with Crippen molar-refractivity contribution in [2.75, 3.05) is 0 Å². The van der Waals surface area contributed by atoms with Crippen LogP contribution >= 0.6 is 0 Å². The molecule has 1 nitrogen and oxygen atoms in total. The highest BCUT2D eigenvalue weighted by Gasteiger charge is 2.03. The Hall–Kier alpha value is -1.29. The summed E-state index contributed by atoms with van der Waals surface area (Å²) in [7, 11) is 0. The molecule has 0 aliphatic carbocycles. The quantitative estimate of drug-likeness (QED) is 0.648.